The third kappa shape index (κ3) is 7.48. The topological polar surface area (TPSA) is 96.9 Å². The third-order valence-electron chi connectivity index (χ3n) is 6.77. The van der Waals surface area contributed by atoms with Crippen LogP contribution in [0.25, 0.3) is 10.8 Å². The Labute approximate surface area is 245 Å². The molecule has 0 aromatic heterocycles. The van der Waals surface area contributed by atoms with Gasteiger partial charge in [0.1, 0.15) is 18.4 Å². The SMILES string of the molecule is Cc1ccc(S(=O)(=O)NC(Cc2ccccc2)C(=O)N/N=C/c2ccc(OCc3cccc4ccccc34)cc2)cc1. The summed E-state index contributed by atoms with van der Waals surface area (Å²) in [5, 5.41) is 6.40. The Morgan fingerprint density at radius 2 is 1.52 bits per heavy atom. The highest BCUT2D eigenvalue weighted by Crippen LogP contribution is 2.21. The summed E-state index contributed by atoms with van der Waals surface area (Å²) in [7, 11) is -3.94. The summed E-state index contributed by atoms with van der Waals surface area (Å²) in [6, 6.07) is 36.3. The first-order valence-electron chi connectivity index (χ1n) is 13.5. The third-order valence-corrected chi connectivity index (χ3v) is 8.26. The average molecular weight is 578 g/mol. The molecule has 5 aromatic rings. The fourth-order valence-electron chi connectivity index (χ4n) is 4.49. The molecule has 212 valence electrons. The number of ether oxygens (including phenoxy) is 1. The van der Waals surface area contributed by atoms with Crippen LogP contribution in [0.1, 0.15) is 22.3 Å². The van der Waals surface area contributed by atoms with E-state index in [4.69, 9.17) is 4.74 Å². The minimum absolute atomic E-state index is 0.0882. The van der Waals surface area contributed by atoms with E-state index in [0.29, 0.717) is 12.4 Å². The smallest absolute Gasteiger partial charge is 0.258 e. The van der Waals surface area contributed by atoms with Crippen LogP contribution >= 0.6 is 0 Å². The highest BCUT2D eigenvalue weighted by Gasteiger charge is 2.26. The Hall–Kier alpha value is -4.79. The molecule has 1 unspecified atom stereocenters. The molecule has 0 radical (unpaired) electrons. The number of nitrogens with one attached hydrogen (secondary N) is 2. The fraction of sp³-hybridized carbons (Fsp3) is 0.118. The van der Waals surface area contributed by atoms with Crippen LogP contribution in [0.4, 0.5) is 0 Å². The Kier molecular flexibility index (Phi) is 9.06. The molecular formula is C34H31N3O4S. The van der Waals surface area contributed by atoms with Gasteiger partial charge in [0.25, 0.3) is 5.91 Å². The maximum Gasteiger partial charge on any atom is 0.258 e. The van der Waals surface area contributed by atoms with Crippen molar-refractivity contribution in [2.75, 3.05) is 0 Å². The predicted molar refractivity (Wildman–Crippen MR) is 166 cm³/mol. The lowest BCUT2D eigenvalue weighted by molar-refractivity contribution is -0.122. The summed E-state index contributed by atoms with van der Waals surface area (Å²) < 4.78 is 34.6. The zero-order valence-corrected chi connectivity index (χ0v) is 23.9. The summed E-state index contributed by atoms with van der Waals surface area (Å²) in [6.45, 7) is 2.31. The molecule has 0 spiro atoms. The molecule has 5 rings (SSSR count). The van der Waals surface area contributed by atoms with Crippen LogP contribution in [0, 0.1) is 6.92 Å². The van der Waals surface area contributed by atoms with Crippen LogP contribution in [0.3, 0.4) is 0 Å². The first-order chi connectivity index (χ1) is 20.4. The Morgan fingerprint density at radius 3 is 2.29 bits per heavy atom. The molecule has 1 atom stereocenters. The first kappa shape index (κ1) is 28.7. The molecule has 0 fully saturated rings. The second-order valence-electron chi connectivity index (χ2n) is 9.91. The number of aryl methyl sites for hydroxylation is 1. The number of sulfonamides is 1. The summed E-state index contributed by atoms with van der Waals surface area (Å²) >= 11 is 0. The van der Waals surface area contributed by atoms with E-state index in [0.717, 1.165) is 27.6 Å². The second kappa shape index (κ2) is 13.2. The van der Waals surface area contributed by atoms with Crippen LogP contribution in [0.5, 0.6) is 5.75 Å². The van der Waals surface area contributed by atoms with E-state index in [1.165, 1.54) is 23.7 Å². The quantitative estimate of drug-likeness (QED) is 0.154. The number of hydrazone groups is 1. The largest absolute Gasteiger partial charge is 0.489 e. The first-order valence-corrected chi connectivity index (χ1v) is 15.0. The lowest BCUT2D eigenvalue weighted by Gasteiger charge is -2.17. The molecule has 2 N–H and O–H groups in total. The van der Waals surface area contributed by atoms with Crippen molar-refractivity contribution in [3.63, 3.8) is 0 Å². The average Bonchev–Trinajstić information content (AvgIpc) is 3.01. The highest BCUT2D eigenvalue weighted by atomic mass is 32.2. The van der Waals surface area contributed by atoms with Crippen molar-refractivity contribution in [3.05, 3.63) is 144 Å². The molecule has 0 saturated heterocycles. The van der Waals surface area contributed by atoms with E-state index in [1.54, 1.807) is 12.1 Å². The van der Waals surface area contributed by atoms with Gasteiger partial charge < -0.3 is 4.74 Å². The molecule has 0 bridgehead atoms. The molecule has 0 aliphatic rings. The van der Waals surface area contributed by atoms with Crippen LogP contribution in [0.2, 0.25) is 0 Å². The number of carbonyl (C=O) groups excluding carboxylic acids is 1. The van der Waals surface area contributed by atoms with Gasteiger partial charge in [0.2, 0.25) is 10.0 Å². The molecular weight excluding hydrogens is 546 g/mol. The molecule has 0 heterocycles. The Bertz CT molecular complexity index is 1780. The number of fused-ring (bicyclic) bond motifs is 1. The van der Waals surface area contributed by atoms with Gasteiger partial charge in [0.05, 0.1) is 11.1 Å². The fourth-order valence-corrected chi connectivity index (χ4v) is 5.68. The van der Waals surface area contributed by atoms with E-state index < -0.39 is 22.0 Å². The van der Waals surface area contributed by atoms with Crippen LogP contribution in [0.15, 0.2) is 131 Å². The number of rotatable bonds is 11. The minimum Gasteiger partial charge on any atom is -0.489 e. The Morgan fingerprint density at radius 1 is 0.833 bits per heavy atom. The van der Waals surface area contributed by atoms with Crippen molar-refractivity contribution in [2.45, 2.75) is 30.9 Å². The van der Waals surface area contributed by atoms with E-state index in [-0.39, 0.29) is 11.3 Å². The van der Waals surface area contributed by atoms with Gasteiger partial charge in [0.15, 0.2) is 0 Å². The van der Waals surface area contributed by atoms with Gasteiger partial charge in [-0.05, 0) is 77.2 Å². The molecule has 5 aromatic carbocycles. The van der Waals surface area contributed by atoms with Crippen molar-refractivity contribution in [1.82, 2.24) is 10.1 Å². The molecule has 8 heteroatoms. The summed E-state index contributed by atoms with van der Waals surface area (Å²) in [6.07, 6.45) is 1.66. The van der Waals surface area contributed by atoms with Crippen molar-refractivity contribution in [1.29, 1.82) is 0 Å². The number of amides is 1. The van der Waals surface area contributed by atoms with Gasteiger partial charge >= 0.3 is 0 Å². The van der Waals surface area contributed by atoms with E-state index >= 15 is 0 Å². The summed E-state index contributed by atoms with van der Waals surface area (Å²) in [4.78, 5) is 13.2. The van der Waals surface area contributed by atoms with Crippen LogP contribution < -0.4 is 14.9 Å². The van der Waals surface area contributed by atoms with Crippen LogP contribution in [-0.4, -0.2) is 26.6 Å². The van der Waals surface area contributed by atoms with Crippen molar-refractivity contribution < 1.29 is 17.9 Å². The van der Waals surface area contributed by atoms with Gasteiger partial charge in [-0.15, -0.1) is 0 Å². The molecule has 0 aliphatic heterocycles. The zero-order chi connectivity index (χ0) is 29.4. The number of benzene rings is 5. The van der Waals surface area contributed by atoms with E-state index in [2.05, 4.69) is 39.5 Å². The van der Waals surface area contributed by atoms with E-state index in [9.17, 15) is 13.2 Å². The lowest BCUT2D eigenvalue weighted by atomic mass is 10.1. The molecule has 0 saturated carbocycles. The summed E-state index contributed by atoms with van der Waals surface area (Å²) in [5.74, 6) is 0.137. The van der Waals surface area contributed by atoms with Gasteiger partial charge in [-0.2, -0.15) is 9.82 Å². The molecule has 42 heavy (non-hydrogen) atoms. The minimum atomic E-state index is -3.94. The van der Waals surface area contributed by atoms with E-state index in [1.807, 2.05) is 79.7 Å². The molecule has 1 amide bonds. The number of hydrogen-bond acceptors (Lipinski definition) is 5. The monoisotopic (exact) mass is 577 g/mol. The number of carbonyl (C=O) groups is 1. The predicted octanol–water partition coefficient (Wildman–Crippen LogP) is 5.77. The standard InChI is InChI=1S/C34H31N3O4S/c1-25-14-20-31(21-15-25)42(39,40)37-33(22-26-8-3-2-4-9-26)34(38)36-35-23-27-16-18-30(19-17-27)41-24-29-12-7-11-28-10-5-6-13-32(28)29/h2-21,23,33,37H,22,24H2,1H3,(H,36,38)/b35-23+. The maximum absolute atomic E-state index is 13.1. The van der Waals surface area contributed by atoms with Crippen molar-refractivity contribution in [3.8, 4) is 5.75 Å². The second-order valence-corrected chi connectivity index (χ2v) is 11.6. The van der Waals surface area contributed by atoms with Gasteiger partial charge in [0, 0.05) is 0 Å². The molecule has 0 aliphatic carbocycles. The van der Waals surface area contributed by atoms with Crippen molar-refractivity contribution >= 4 is 32.9 Å². The lowest BCUT2D eigenvalue weighted by Crippen LogP contribution is -2.46. The molecule has 7 nitrogen and oxygen atoms in total. The van der Waals surface area contributed by atoms with Gasteiger partial charge in [-0.25, -0.2) is 13.8 Å². The summed E-state index contributed by atoms with van der Waals surface area (Å²) in [5.41, 5.74) is 6.08. The van der Waals surface area contributed by atoms with Crippen molar-refractivity contribution in [2.24, 2.45) is 5.10 Å². The maximum atomic E-state index is 13.1. The van der Waals surface area contributed by atoms with Gasteiger partial charge in [-0.3, -0.25) is 4.79 Å². The number of nitrogens with zero attached hydrogens (tertiary/aromatic N) is 1. The zero-order valence-electron chi connectivity index (χ0n) is 23.1. The Balaban J connectivity index is 1.22. The van der Waals surface area contributed by atoms with Crippen LogP contribution in [-0.2, 0) is 27.8 Å². The highest BCUT2D eigenvalue weighted by molar-refractivity contribution is 7.89. The number of hydrogen-bond donors (Lipinski definition) is 2. The normalized spacial score (nSPS) is 12.3. The van der Waals surface area contributed by atoms with Gasteiger partial charge in [-0.1, -0.05) is 90.5 Å².